The number of piperidine rings is 1. The van der Waals surface area contributed by atoms with E-state index in [0.29, 0.717) is 0 Å². The van der Waals surface area contributed by atoms with E-state index < -0.39 is 11.4 Å². The van der Waals surface area contributed by atoms with Gasteiger partial charge in [0.05, 0.1) is 5.41 Å². The molecule has 2 rings (SSSR count). The van der Waals surface area contributed by atoms with Crippen molar-refractivity contribution in [2.24, 2.45) is 5.92 Å². The first-order valence-corrected chi connectivity index (χ1v) is 6.98. The number of carboxylic acids is 1. The molecular formula is C16H23NO2. The second-order valence-electron chi connectivity index (χ2n) is 5.85. The van der Waals surface area contributed by atoms with Gasteiger partial charge in [-0.05, 0) is 63.7 Å². The van der Waals surface area contributed by atoms with E-state index in [0.717, 1.165) is 42.6 Å². The first-order chi connectivity index (χ1) is 8.96. The zero-order chi connectivity index (χ0) is 14.0. The van der Waals surface area contributed by atoms with Crippen LogP contribution in [0, 0.1) is 19.8 Å². The lowest BCUT2D eigenvalue weighted by Gasteiger charge is -2.38. The molecule has 19 heavy (non-hydrogen) atoms. The van der Waals surface area contributed by atoms with Crippen molar-refractivity contribution in [3.63, 3.8) is 0 Å². The van der Waals surface area contributed by atoms with Crippen LogP contribution in [0.2, 0.25) is 0 Å². The van der Waals surface area contributed by atoms with Crippen molar-refractivity contribution in [1.82, 2.24) is 5.32 Å². The quantitative estimate of drug-likeness (QED) is 0.879. The number of aliphatic carboxylic acids is 1. The van der Waals surface area contributed by atoms with Crippen molar-refractivity contribution in [2.45, 2.75) is 39.0 Å². The number of aryl methyl sites for hydroxylation is 2. The zero-order valence-corrected chi connectivity index (χ0v) is 12.0. The Bertz CT molecular complexity index is 478. The fourth-order valence-electron chi connectivity index (χ4n) is 3.20. The van der Waals surface area contributed by atoms with Gasteiger partial charge in [-0.2, -0.15) is 0 Å². The Morgan fingerprint density at radius 1 is 1.32 bits per heavy atom. The molecule has 3 nitrogen and oxygen atoms in total. The zero-order valence-electron chi connectivity index (χ0n) is 12.0. The van der Waals surface area contributed by atoms with E-state index in [1.54, 1.807) is 0 Å². The molecule has 0 bridgehead atoms. The molecule has 104 valence electrons. The first kappa shape index (κ1) is 14.1. The van der Waals surface area contributed by atoms with Gasteiger partial charge in [-0.15, -0.1) is 0 Å². The second kappa shape index (κ2) is 5.33. The van der Waals surface area contributed by atoms with E-state index in [1.807, 2.05) is 39.0 Å². The van der Waals surface area contributed by atoms with Crippen molar-refractivity contribution in [2.75, 3.05) is 13.1 Å². The van der Waals surface area contributed by atoms with Crippen molar-refractivity contribution in [3.8, 4) is 0 Å². The first-order valence-electron chi connectivity index (χ1n) is 6.98. The molecule has 0 spiro atoms. The number of benzene rings is 1. The minimum absolute atomic E-state index is 0.201. The molecule has 0 saturated carbocycles. The summed E-state index contributed by atoms with van der Waals surface area (Å²) in [5.41, 5.74) is 2.40. The average Bonchev–Trinajstić information content (AvgIpc) is 2.41. The molecule has 0 radical (unpaired) electrons. The molecule has 0 amide bonds. The average molecular weight is 261 g/mol. The molecule has 0 aliphatic carbocycles. The minimum atomic E-state index is -0.780. The monoisotopic (exact) mass is 261 g/mol. The van der Waals surface area contributed by atoms with Gasteiger partial charge < -0.3 is 10.4 Å². The molecule has 1 saturated heterocycles. The largest absolute Gasteiger partial charge is 0.481 e. The number of carbonyl (C=O) groups is 1. The SMILES string of the molecule is Cc1ccc(C)c(C(C)(C(=O)O)C2CCNCC2)c1. The van der Waals surface area contributed by atoms with Gasteiger partial charge in [-0.3, -0.25) is 4.79 Å². The summed E-state index contributed by atoms with van der Waals surface area (Å²) in [5, 5.41) is 13.1. The highest BCUT2D eigenvalue weighted by molar-refractivity contribution is 5.82. The fourth-order valence-corrected chi connectivity index (χ4v) is 3.20. The Hall–Kier alpha value is -1.35. The summed E-state index contributed by atoms with van der Waals surface area (Å²) in [6, 6.07) is 6.13. The highest BCUT2D eigenvalue weighted by Gasteiger charge is 2.44. The summed E-state index contributed by atoms with van der Waals surface area (Å²) in [7, 11) is 0. The third-order valence-electron chi connectivity index (χ3n) is 4.55. The van der Waals surface area contributed by atoms with Gasteiger partial charge in [0, 0.05) is 0 Å². The van der Waals surface area contributed by atoms with Gasteiger partial charge in [0.15, 0.2) is 0 Å². The van der Waals surface area contributed by atoms with Crippen molar-refractivity contribution in [3.05, 3.63) is 34.9 Å². The van der Waals surface area contributed by atoms with Crippen LogP contribution in [-0.2, 0) is 10.2 Å². The number of carboxylic acid groups (broad SMARTS) is 1. The molecule has 1 heterocycles. The second-order valence-corrected chi connectivity index (χ2v) is 5.85. The van der Waals surface area contributed by atoms with Crippen LogP contribution in [-0.4, -0.2) is 24.2 Å². The summed E-state index contributed by atoms with van der Waals surface area (Å²) >= 11 is 0. The molecular weight excluding hydrogens is 238 g/mol. The van der Waals surface area contributed by atoms with Crippen LogP contribution in [0.15, 0.2) is 18.2 Å². The molecule has 1 aromatic carbocycles. The van der Waals surface area contributed by atoms with Crippen molar-refractivity contribution >= 4 is 5.97 Å². The molecule has 1 fully saturated rings. The predicted molar refractivity (Wildman–Crippen MR) is 76.5 cm³/mol. The highest BCUT2D eigenvalue weighted by Crippen LogP contribution is 2.39. The van der Waals surface area contributed by atoms with Gasteiger partial charge in [0.25, 0.3) is 0 Å². The van der Waals surface area contributed by atoms with Crippen LogP contribution >= 0.6 is 0 Å². The number of hydrogen-bond acceptors (Lipinski definition) is 2. The van der Waals surface area contributed by atoms with Crippen LogP contribution in [0.3, 0.4) is 0 Å². The Labute approximate surface area is 115 Å². The summed E-state index contributed by atoms with van der Waals surface area (Å²) in [6.45, 7) is 7.76. The van der Waals surface area contributed by atoms with E-state index in [4.69, 9.17) is 0 Å². The van der Waals surface area contributed by atoms with Crippen LogP contribution < -0.4 is 5.32 Å². The Kier molecular flexibility index (Phi) is 3.95. The molecule has 3 heteroatoms. The van der Waals surface area contributed by atoms with Crippen molar-refractivity contribution in [1.29, 1.82) is 0 Å². The summed E-state index contributed by atoms with van der Waals surface area (Å²) < 4.78 is 0. The predicted octanol–water partition coefficient (Wildman–Crippen LogP) is 2.65. The molecule has 1 aromatic rings. The van der Waals surface area contributed by atoms with Crippen LogP contribution in [0.25, 0.3) is 0 Å². The summed E-state index contributed by atoms with van der Waals surface area (Å²) in [5.74, 6) is -0.500. The number of hydrogen-bond donors (Lipinski definition) is 2. The van der Waals surface area contributed by atoms with E-state index in [1.165, 1.54) is 0 Å². The van der Waals surface area contributed by atoms with Crippen molar-refractivity contribution < 1.29 is 9.90 Å². The van der Waals surface area contributed by atoms with Gasteiger partial charge in [0.1, 0.15) is 0 Å². The Balaban J connectivity index is 2.48. The topological polar surface area (TPSA) is 49.3 Å². The molecule has 0 aromatic heterocycles. The fraction of sp³-hybridized carbons (Fsp3) is 0.562. The minimum Gasteiger partial charge on any atom is -0.481 e. The van der Waals surface area contributed by atoms with Gasteiger partial charge in [-0.1, -0.05) is 23.8 Å². The summed E-state index contributed by atoms with van der Waals surface area (Å²) in [4.78, 5) is 12.0. The molecule has 1 unspecified atom stereocenters. The van der Waals surface area contributed by atoms with Gasteiger partial charge >= 0.3 is 5.97 Å². The molecule has 1 atom stereocenters. The van der Waals surface area contributed by atoms with E-state index in [9.17, 15) is 9.90 Å². The maximum atomic E-state index is 12.0. The van der Waals surface area contributed by atoms with E-state index in [-0.39, 0.29) is 5.92 Å². The highest BCUT2D eigenvalue weighted by atomic mass is 16.4. The molecule has 2 N–H and O–H groups in total. The maximum Gasteiger partial charge on any atom is 0.314 e. The van der Waals surface area contributed by atoms with Crippen LogP contribution in [0.4, 0.5) is 0 Å². The Morgan fingerprint density at radius 3 is 2.53 bits per heavy atom. The normalized spacial score (nSPS) is 19.9. The van der Waals surface area contributed by atoms with E-state index >= 15 is 0 Å². The molecule has 1 aliphatic rings. The third-order valence-corrected chi connectivity index (χ3v) is 4.55. The lowest BCUT2D eigenvalue weighted by Crippen LogP contribution is -2.45. The van der Waals surface area contributed by atoms with Gasteiger partial charge in [-0.25, -0.2) is 0 Å². The van der Waals surface area contributed by atoms with Crippen LogP contribution in [0.1, 0.15) is 36.5 Å². The van der Waals surface area contributed by atoms with Gasteiger partial charge in [0.2, 0.25) is 0 Å². The Morgan fingerprint density at radius 2 is 1.95 bits per heavy atom. The summed E-state index contributed by atoms with van der Waals surface area (Å²) in [6.07, 6.45) is 1.85. The van der Waals surface area contributed by atoms with E-state index in [2.05, 4.69) is 5.32 Å². The number of rotatable bonds is 3. The lowest BCUT2D eigenvalue weighted by atomic mass is 9.67. The smallest absolute Gasteiger partial charge is 0.314 e. The standard InChI is InChI=1S/C16H23NO2/c1-11-4-5-12(2)14(10-11)16(3,15(18)19)13-6-8-17-9-7-13/h4-5,10,13,17H,6-9H2,1-3H3,(H,18,19). The third kappa shape index (κ3) is 2.52. The molecule has 1 aliphatic heterocycles. The lowest BCUT2D eigenvalue weighted by molar-refractivity contribution is -0.146. The maximum absolute atomic E-state index is 12.0. The van der Waals surface area contributed by atoms with Crippen LogP contribution in [0.5, 0.6) is 0 Å². The number of nitrogens with one attached hydrogen (secondary N) is 1.